The molecule has 1 aliphatic rings. The number of anilines is 1. The summed E-state index contributed by atoms with van der Waals surface area (Å²) < 4.78 is 13.6. The van der Waals surface area contributed by atoms with Crippen molar-refractivity contribution in [3.63, 3.8) is 0 Å². The van der Waals surface area contributed by atoms with Crippen LogP contribution in [0.4, 0.5) is 10.1 Å². The minimum Gasteiger partial charge on any atom is -0.380 e. The molecule has 1 heterocycles. The van der Waals surface area contributed by atoms with Gasteiger partial charge in [-0.2, -0.15) is 0 Å². The van der Waals surface area contributed by atoms with E-state index in [0.717, 1.165) is 25.9 Å². The highest BCUT2D eigenvalue weighted by Gasteiger charge is 2.19. The van der Waals surface area contributed by atoms with E-state index in [1.807, 2.05) is 0 Å². The van der Waals surface area contributed by atoms with Crippen molar-refractivity contribution in [3.8, 4) is 12.3 Å². The van der Waals surface area contributed by atoms with E-state index >= 15 is 0 Å². The number of nitrogens with zero attached hydrogens (tertiary/aromatic N) is 1. The summed E-state index contributed by atoms with van der Waals surface area (Å²) in [6.07, 6.45) is 7.21. The van der Waals surface area contributed by atoms with E-state index in [0.29, 0.717) is 17.3 Å². The Balaban J connectivity index is 1.92. The first-order valence-electron chi connectivity index (χ1n) is 6.06. The van der Waals surface area contributed by atoms with Crippen LogP contribution in [-0.2, 0) is 0 Å². The lowest BCUT2D eigenvalue weighted by atomic mass is 10.0. The van der Waals surface area contributed by atoms with Gasteiger partial charge in [0.15, 0.2) is 0 Å². The van der Waals surface area contributed by atoms with Crippen LogP contribution in [0, 0.1) is 18.2 Å². The second-order valence-corrected chi connectivity index (χ2v) is 4.96. The lowest BCUT2D eigenvalue weighted by Crippen LogP contribution is -2.39. The number of hydrogen-bond donors (Lipinski definition) is 1. The van der Waals surface area contributed by atoms with Crippen molar-refractivity contribution in [2.24, 2.45) is 0 Å². The first-order chi connectivity index (χ1) is 8.69. The van der Waals surface area contributed by atoms with Gasteiger partial charge in [0.25, 0.3) is 0 Å². The maximum atomic E-state index is 13.6. The van der Waals surface area contributed by atoms with E-state index in [4.69, 9.17) is 18.0 Å². The largest absolute Gasteiger partial charge is 0.380 e. The first-order valence-corrected chi connectivity index (χ1v) is 6.44. The van der Waals surface area contributed by atoms with Crippen molar-refractivity contribution < 1.29 is 4.39 Å². The summed E-state index contributed by atoms with van der Waals surface area (Å²) in [5.74, 6) is 2.39. The fourth-order valence-electron chi connectivity index (χ4n) is 2.19. The summed E-state index contributed by atoms with van der Waals surface area (Å²) in [6, 6.07) is 4.85. The number of terminal acetylenes is 1. The summed E-state index contributed by atoms with van der Waals surface area (Å²) in [5, 5.41) is 3.76. The van der Waals surface area contributed by atoms with E-state index in [1.54, 1.807) is 12.1 Å². The smallest absolute Gasteiger partial charge is 0.146 e. The highest BCUT2D eigenvalue weighted by atomic mass is 35.5. The zero-order valence-corrected chi connectivity index (χ0v) is 10.9. The van der Waals surface area contributed by atoms with E-state index < -0.39 is 0 Å². The molecule has 96 valence electrons. The van der Waals surface area contributed by atoms with Gasteiger partial charge in [0.1, 0.15) is 5.82 Å². The van der Waals surface area contributed by atoms with Crippen LogP contribution in [0.15, 0.2) is 18.2 Å². The van der Waals surface area contributed by atoms with Gasteiger partial charge in [-0.1, -0.05) is 17.5 Å². The fraction of sp³-hybridized carbons (Fsp3) is 0.429. The van der Waals surface area contributed by atoms with Gasteiger partial charge in [0, 0.05) is 24.2 Å². The first kappa shape index (κ1) is 13.2. The Morgan fingerprint density at radius 3 is 2.83 bits per heavy atom. The van der Waals surface area contributed by atoms with Gasteiger partial charge in [0.2, 0.25) is 0 Å². The number of nitrogens with one attached hydrogen (secondary N) is 1. The standard InChI is InChI=1S/C14H16ClFN2/c1-2-7-18-8-5-12(6-9-18)17-14-10-11(15)3-4-13(14)16/h1,3-4,10,12,17H,5-9H2. The van der Waals surface area contributed by atoms with Gasteiger partial charge in [-0.25, -0.2) is 4.39 Å². The van der Waals surface area contributed by atoms with Crippen molar-refractivity contribution in [1.82, 2.24) is 4.90 Å². The van der Waals surface area contributed by atoms with Crippen LogP contribution < -0.4 is 5.32 Å². The molecular weight excluding hydrogens is 251 g/mol. The fourth-order valence-corrected chi connectivity index (χ4v) is 2.36. The topological polar surface area (TPSA) is 15.3 Å². The molecule has 1 aromatic rings. The van der Waals surface area contributed by atoms with E-state index in [9.17, 15) is 4.39 Å². The predicted octanol–water partition coefficient (Wildman–Crippen LogP) is 2.99. The molecule has 2 rings (SSSR count). The molecule has 0 bridgehead atoms. The Kier molecular flexibility index (Phi) is 4.46. The maximum absolute atomic E-state index is 13.6. The molecule has 1 aliphatic heterocycles. The van der Waals surface area contributed by atoms with Gasteiger partial charge >= 0.3 is 0 Å². The molecule has 1 aromatic carbocycles. The van der Waals surface area contributed by atoms with Gasteiger partial charge < -0.3 is 5.32 Å². The number of hydrogen-bond acceptors (Lipinski definition) is 2. The molecule has 1 saturated heterocycles. The predicted molar refractivity (Wildman–Crippen MR) is 73.3 cm³/mol. The SMILES string of the molecule is C#CCN1CCC(Nc2cc(Cl)ccc2F)CC1. The van der Waals surface area contributed by atoms with Gasteiger partial charge in [-0.3, -0.25) is 4.90 Å². The third kappa shape index (κ3) is 3.38. The van der Waals surface area contributed by atoms with Crippen LogP contribution >= 0.6 is 11.6 Å². The minimum absolute atomic E-state index is 0.259. The Hall–Kier alpha value is -1.24. The lowest BCUT2D eigenvalue weighted by molar-refractivity contribution is 0.243. The van der Waals surface area contributed by atoms with Crippen LogP contribution in [0.5, 0.6) is 0 Å². The number of likely N-dealkylation sites (tertiary alicyclic amines) is 1. The summed E-state index contributed by atoms with van der Waals surface area (Å²) in [6.45, 7) is 2.59. The van der Waals surface area contributed by atoms with Crippen LogP contribution in [0.3, 0.4) is 0 Å². The highest BCUT2D eigenvalue weighted by molar-refractivity contribution is 6.30. The van der Waals surface area contributed by atoms with Crippen molar-refractivity contribution in [2.75, 3.05) is 25.0 Å². The maximum Gasteiger partial charge on any atom is 0.146 e. The van der Waals surface area contributed by atoms with Gasteiger partial charge in [-0.05, 0) is 31.0 Å². The normalized spacial score (nSPS) is 17.4. The molecule has 0 aliphatic carbocycles. The molecule has 0 unspecified atom stereocenters. The zero-order valence-electron chi connectivity index (χ0n) is 10.1. The molecule has 2 nitrogen and oxygen atoms in total. The third-order valence-electron chi connectivity index (χ3n) is 3.19. The Bertz CT molecular complexity index is 448. The molecule has 0 atom stereocenters. The van der Waals surface area contributed by atoms with Crippen LogP contribution in [0.25, 0.3) is 0 Å². The Labute approximate surface area is 112 Å². The molecule has 0 saturated carbocycles. The average molecular weight is 267 g/mol. The molecule has 0 spiro atoms. The second kappa shape index (κ2) is 6.08. The van der Waals surface area contributed by atoms with Crippen LogP contribution in [0.2, 0.25) is 5.02 Å². The summed E-state index contributed by atoms with van der Waals surface area (Å²) in [4.78, 5) is 2.23. The number of halogens is 2. The average Bonchev–Trinajstić information content (AvgIpc) is 2.37. The zero-order chi connectivity index (χ0) is 13.0. The second-order valence-electron chi connectivity index (χ2n) is 4.52. The Morgan fingerprint density at radius 2 is 2.17 bits per heavy atom. The molecular formula is C14H16ClFN2. The quantitative estimate of drug-likeness (QED) is 0.846. The third-order valence-corrected chi connectivity index (χ3v) is 3.43. The summed E-state index contributed by atoms with van der Waals surface area (Å²) in [7, 11) is 0. The van der Waals surface area contributed by atoms with E-state index in [1.165, 1.54) is 6.07 Å². The molecule has 18 heavy (non-hydrogen) atoms. The summed E-state index contributed by atoms with van der Waals surface area (Å²) >= 11 is 5.86. The van der Waals surface area contributed by atoms with Crippen molar-refractivity contribution >= 4 is 17.3 Å². The monoisotopic (exact) mass is 266 g/mol. The van der Waals surface area contributed by atoms with Crippen LogP contribution in [-0.4, -0.2) is 30.6 Å². The highest BCUT2D eigenvalue weighted by Crippen LogP contribution is 2.22. The Morgan fingerprint density at radius 1 is 1.44 bits per heavy atom. The van der Waals surface area contributed by atoms with Crippen molar-refractivity contribution in [3.05, 3.63) is 29.0 Å². The molecule has 0 radical (unpaired) electrons. The molecule has 0 aromatic heterocycles. The van der Waals surface area contributed by atoms with Crippen molar-refractivity contribution in [1.29, 1.82) is 0 Å². The number of benzene rings is 1. The lowest BCUT2D eigenvalue weighted by Gasteiger charge is -2.31. The van der Waals surface area contributed by atoms with Crippen molar-refractivity contribution in [2.45, 2.75) is 18.9 Å². The van der Waals surface area contributed by atoms with E-state index in [-0.39, 0.29) is 11.9 Å². The summed E-state index contributed by atoms with van der Waals surface area (Å²) in [5.41, 5.74) is 0.484. The van der Waals surface area contributed by atoms with Gasteiger partial charge in [-0.15, -0.1) is 6.42 Å². The number of rotatable bonds is 3. The minimum atomic E-state index is -0.259. The van der Waals surface area contributed by atoms with Gasteiger partial charge in [0.05, 0.1) is 12.2 Å². The van der Waals surface area contributed by atoms with E-state index in [2.05, 4.69) is 16.1 Å². The molecule has 0 amide bonds. The molecule has 1 N–H and O–H groups in total. The molecule has 4 heteroatoms. The molecule has 1 fully saturated rings. The van der Waals surface area contributed by atoms with Crippen LogP contribution in [0.1, 0.15) is 12.8 Å². The number of piperidine rings is 1.